The zero-order valence-electron chi connectivity index (χ0n) is 8.91. The number of rotatable bonds is 4. The highest BCUT2D eigenvalue weighted by Gasteiger charge is 2.26. The van der Waals surface area contributed by atoms with Crippen molar-refractivity contribution in [1.29, 1.82) is 0 Å². The standard InChI is InChI=1S/C9H12N2O5S/c1-9(11,16-17(14)15)5-2-3-7(10)6(4-5)8(12)13/h2-4H,10-11H2,1H3,(H,12,13)(H,14,15). The van der Waals surface area contributed by atoms with Gasteiger partial charge in [-0.3, -0.25) is 10.3 Å². The molecular weight excluding hydrogens is 248 g/mol. The van der Waals surface area contributed by atoms with Gasteiger partial charge in [0.05, 0.1) is 5.56 Å². The maximum absolute atomic E-state index is 10.9. The molecule has 94 valence electrons. The summed E-state index contributed by atoms with van der Waals surface area (Å²) < 4.78 is 23.7. The lowest BCUT2D eigenvalue weighted by atomic mass is 10.0. The minimum Gasteiger partial charge on any atom is -0.478 e. The van der Waals surface area contributed by atoms with Crippen LogP contribution in [0.15, 0.2) is 18.2 Å². The lowest BCUT2D eigenvalue weighted by molar-refractivity contribution is 0.0697. The van der Waals surface area contributed by atoms with Crippen molar-refractivity contribution in [3.05, 3.63) is 29.3 Å². The van der Waals surface area contributed by atoms with Crippen LogP contribution in [0.5, 0.6) is 0 Å². The second-order valence-corrected chi connectivity index (χ2v) is 4.12. The van der Waals surface area contributed by atoms with Crippen LogP contribution in [0.25, 0.3) is 0 Å². The number of carboxylic acids is 1. The van der Waals surface area contributed by atoms with E-state index in [1.165, 1.54) is 25.1 Å². The van der Waals surface area contributed by atoms with Gasteiger partial charge in [-0.1, -0.05) is 6.07 Å². The highest BCUT2D eigenvalue weighted by atomic mass is 32.2. The third kappa shape index (κ3) is 3.24. The second kappa shape index (κ2) is 4.80. The summed E-state index contributed by atoms with van der Waals surface area (Å²) >= 11 is -2.56. The molecule has 2 atom stereocenters. The Hall–Kier alpha value is -1.48. The Kier molecular flexibility index (Phi) is 3.83. The Morgan fingerprint density at radius 3 is 2.59 bits per heavy atom. The highest BCUT2D eigenvalue weighted by molar-refractivity contribution is 7.74. The van der Waals surface area contributed by atoms with Crippen molar-refractivity contribution in [2.75, 3.05) is 5.73 Å². The van der Waals surface area contributed by atoms with Crippen molar-refractivity contribution in [3.63, 3.8) is 0 Å². The topological polar surface area (TPSA) is 136 Å². The molecule has 2 unspecified atom stereocenters. The van der Waals surface area contributed by atoms with E-state index in [4.69, 9.17) is 21.1 Å². The normalized spacial score (nSPS) is 16.2. The summed E-state index contributed by atoms with van der Waals surface area (Å²) in [6, 6.07) is 3.96. The lowest BCUT2D eigenvalue weighted by Crippen LogP contribution is -2.37. The van der Waals surface area contributed by atoms with Crippen LogP contribution in [-0.4, -0.2) is 19.8 Å². The average molecular weight is 260 g/mol. The van der Waals surface area contributed by atoms with Gasteiger partial charge in [0.25, 0.3) is 0 Å². The zero-order valence-corrected chi connectivity index (χ0v) is 9.73. The molecular formula is C9H12N2O5S. The van der Waals surface area contributed by atoms with Crippen LogP contribution in [0.4, 0.5) is 5.69 Å². The lowest BCUT2D eigenvalue weighted by Gasteiger charge is -2.23. The third-order valence-electron chi connectivity index (χ3n) is 2.10. The van der Waals surface area contributed by atoms with Crippen LogP contribution < -0.4 is 11.5 Å². The van der Waals surface area contributed by atoms with Gasteiger partial charge in [-0.25, -0.2) is 8.98 Å². The van der Waals surface area contributed by atoms with E-state index in [1.807, 2.05) is 0 Å². The number of aromatic carboxylic acids is 1. The number of hydrogen-bond acceptors (Lipinski definition) is 5. The number of nitrogen functional groups attached to an aromatic ring is 1. The van der Waals surface area contributed by atoms with Crippen molar-refractivity contribution >= 4 is 23.0 Å². The maximum Gasteiger partial charge on any atom is 0.337 e. The van der Waals surface area contributed by atoms with Crippen molar-refractivity contribution < 1.29 is 22.8 Å². The van der Waals surface area contributed by atoms with Gasteiger partial charge in [0.1, 0.15) is 0 Å². The molecule has 0 amide bonds. The van der Waals surface area contributed by atoms with Gasteiger partial charge in [-0.2, -0.15) is 4.21 Å². The second-order valence-electron chi connectivity index (χ2n) is 3.51. The van der Waals surface area contributed by atoms with E-state index < -0.39 is 23.1 Å². The fourth-order valence-corrected chi connectivity index (χ4v) is 1.64. The van der Waals surface area contributed by atoms with E-state index in [0.717, 1.165) is 0 Å². The van der Waals surface area contributed by atoms with Crippen LogP contribution in [0.3, 0.4) is 0 Å². The van der Waals surface area contributed by atoms with E-state index in [0.29, 0.717) is 0 Å². The van der Waals surface area contributed by atoms with E-state index in [-0.39, 0.29) is 16.8 Å². The predicted molar refractivity (Wildman–Crippen MR) is 61.2 cm³/mol. The van der Waals surface area contributed by atoms with Crippen LogP contribution in [0.2, 0.25) is 0 Å². The summed E-state index contributed by atoms with van der Waals surface area (Å²) in [6.07, 6.45) is 0. The summed E-state index contributed by atoms with van der Waals surface area (Å²) in [6.45, 7) is 1.33. The predicted octanol–water partition coefficient (Wildman–Crippen LogP) is 0.252. The number of benzene rings is 1. The van der Waals surface area contributed by atoms with Gasteiger partial charge in [-0.05, 0) is 19.1 Å². The summed E-state index contributed by atoms with van der Waals surface area (Å²) in [7, 11) is 0. The minimum atomic E-state index is -2.56. The summed E-state index contributed by atoms with van der Waals surface area (Å²) in [4.78, 5) is 10.9. The summed E-state index contributed by atoms with van der Waals surface area (Å²) in [5.41, 5.74) is 9.68. The molecule has 8 heteroatoms. The monoisotopic (exact) mass is 260 g/mol. The molecule has 0 aliphatic rings. The Morgan fingerprint density at radius 1 is 1.53 bits per heavy atom. The molecule has 0 heterocycles. The number of carboxylic acid groups (broad SMARTS) is 1. The minimum absolute atomic E-state index is 0.0715. The van der Waals surface area contributed by atoms with Crippen LogP contribution in [-0.2, 0) is 21.3 Å². The third-order valence-corrected chi connectivity index (χ3v) is 2.59. The molecule has 6 N–H and O–H groups in total. The van der Waals surface area contributed by atoms with Gasteiger partial charge in [0.2, 0.25) is 0 Å². The summed E-state index contributed by atoms with van der Waals surface area (Å²) in [5, 5.41) is 8.87. The Balaban J connectivity index is 3.19. The number of hydrogen-bond donors (Lipinski definition) is 4. The molecule has 0 spiro atoms. The Bertz CT molecular complexity index is 474. The first kappa shape index (κ1) is 13.6. The molecule has 17 heavy (non-hydrogen) atoms. The molecule has 0 aromatic heterocycles. The molecule has 1 aromatic rings. The first-order chi connectivity index (χ1) is 7.74. The van der Waals surface area contributed by atoms with Crippen molar-refractivity contribution in [1.82, 2.24) is 0 Å². The average Bonchev–Trinajstić information content (AvgIpc) is 2.15. The Labute approximate surface area is 99.9 Å². The largest absolute Gasteiger partial charge is 0.478 e. The molecule has 0 saturated heterocycles. The van der Waals surface area contributed by atoms with E-state index in [1.54, 1.807) is 0 Å². The van der Waals surface area contributed by atoms with E-state index >= 15 is 0 Å². The number of nitrogens with two attached hydrogens (primary N) is 2. The number of carbonyl (C=O) groups is 1. The van der Waals surface area contributed by atoms with Crippen LogP contribution in [0.1, 0.15) is 22.8 Å². The molecule has 1 rings (SSSR count). The quantitative estimate of drug-likeness (QED) is 0.346. The fraction of sp³-hybridized carbons (Fsp3) is 0.222. The molecule has 7 nitrogen and oxygen atoms in total. The molecule has 0 aliphatic heterocycles. The zero-order chi connectivity index (χ0) is 13.2. The molecule has 0 bridgehead atoms. The van der Waals surface area contributed by atoms with E-state index in [2.05, 4.69) is 4.18 Å². The first-order valence-electron chi connectivity index (χ1n) is 4.46. The van der Waals surface area contributed by atoms with Crippen LogP contribution in [0, 0.1) is 0 Å². The first-order valence-corrected chi connectivity index (χ1v) is 5.49. The highest BCUT2D eigenvalue weighted by Crippen LogP contribution is 2.24. The fourth-order valence-electron chi connectivity index (χ4n) is 1.25. The van der Waals surface area contributed by atoms with Crippen molar-refractivity contribution in [2.24, 2.45) is 5.73 Å². The van der Waals surface area contributed by atoms with Crippen molar-refractivity contribution in [3.8, 4) is 0 Å². The van der Waals surface area contributed by atoms with E-state index in [9.17, 15) is 9.00 Å². The van der Waals surface area contributed by atoms with Crippen molar-refractivity contribution in [2.45, 2.75) is 12.6 Å². The number of anilines is 1. The molecule has 0 radical (unpaired) electrons. The van der Waals surface area contributed by atoms with Gasteiger partial charge in [0, 0.05) is 11.3 Å². The molecule has 0 aliphatic carbocycles. The molecule has 0 saturated carbocycles. The van der Waals surface area contributed by atoms with Gasteiger partial charge in [0.15, 0.2) is 5.72 Å². The van der Waals surface area contributed by atoms with Gasteiger partial charge >= 0.3 is 17.3 Å². The van der Waals surface area contributed by atoms with Gasteiger partial charge in [-0.15, -0.1) is 0 Å². The maximum atomic E-state index is 10.9. The smallest absolute Gasteiger partial charge is 0.337 e. The molecule has 0 fully saturated rings. The van der Waals surface area contributed by atoms with Gasteiger partial charge < -0.3 is 10.8 Å². The van der Waals surface area contributed by atoms with Crippen LogP contribution >= 0.6 is 0 Å². The SMILES string of the molecule is CC(N)(OS(=O)O)c1ccc(N)c(C(=O)O)c1. The Morgan fingerprint density at radius 2 is 2.12 bits per heavy atom. The summed E-state index contributed by atoms with van der Waals surface area (Å²) in [5.74, 6) is -1.22. The molecule has 1 aromatic carbocycles.